The minimum Gasteiger partial charge on any atom is -0.288 e. The molecule has 1 aliphatic heterocycles. The first-order valence-electron chi connectivity index (χ1n) is 10.5. The number of nitrogens with zero attached hydrogens (tertiary/aromatic N) is 2. The molecule has 0 unspecified atom stereocenters. The molecule has 0 N–H and O–H groups in total. The first kappa shape index (κ1) is 21.5. The number of anilines is 1. The van der Waals surface area contributed by atoms with Crippen molar-refractivity contribution in [1.82, 2.24) is 0 Å². The molecular weight excluding hydrogens is 368 g/mol. The summed E-state index contributed by atoms with van der Waals surface area (Å²) in [6.07, 6.45) is 11.9. The van der Waals surface area contributed by atoms with Gasteiger partial charge in [0.2, 0.25) is 11.6 Å². The minimum absolute atomic E-state index is 0.0173. The smallest absolute Gasteiger partial charge is 0.227 e. The predicted octanol–water partition coefficient (Wildman–Crippen LogP) is 6.07. The zero-order chi connectivity index (χ0) is 21.7. The van der Waals surface area contributed by atoms with Crippen molar-refractivity contribution in [2.24, 2.45) is 0 Å². The largest absolute Gasteiger partial charge is 0.288 e. The zero-order valence-electron chi connectivity index (χ0n) is 18.6. The number of aryl methyl sites for hydroxylation is 1. The minimum atomic E-state index is -0.0315. The van der Waals surface area contributed by atoms with Crippen LogP contribution in [0.5, 0.6) is 0 Å². The van der Waals surface area contributed by atoms with E-state index in [0.717, 1.165) is 12.2 Å². The van der Waals surface area contributed by atoms with Gasteiger partial charge in [0.25, 0.3) is 0 Å². The fourth-order valence-electron chi connectivity index (χ4n) is 4.00. The average Bonchev–Trinajstić information content (AvgIpc) is 2.93. The number of hydrogen-bond donors (Lipinski definition) is 0. The lowest BCUT2D eigenvalue weighted by molar-refractivity contribution is -0.433. The summed E-state index contributed by atoms with van der Waals surface area (Å²) in [6, 6.07) is 16.4. The third-order valence-electron chi connectivity index (χ3n) is 5.56. The normalized spacial score (nSPS) is 15.5. The molecule has 154 valence electrons. The molecule has 30 heavy (non-hydrogen) atoms. The van der Waals surface area contributed by atoms with Crippen molar-refractivity contribution in [2.75, 3.05) is 11.4 Å². The van der Waals surface area contributed by atoms with Crippen LogP contribution in [-0.4, -0.2) is 22.7 Å². The van der Waals surface area contributed by atoms with Crippen molar-refractivity contribution in [1.29, 1.82) is 0 Å². The lowest BCUT2D eigenvalue weighted by Gasteiger charge is -2.15. The van der Waals surface area contributed by atoms with Gasteiger partial charge in [-0.1, -0.05) is 48.1 Å². The lowest BCUT2D eigenvalue weighted by Crippen LogP contribution is -2.27. The Balaban J connectivity index is 1.76. The maximum atomic E-state index is 11.9. The Morgan fingerprint density at radius 1 is 1.03 bits per heavy atom. The molecule has 3 heteroatoms. The van der Waals surface area contributed by atoms with Crippen LogP contribution in [0.3, 0.4) is 0 Å². The maximum Gasteiger partial charge on any atom is 0.227 e. The second kappa shape index (κ2) is 9.08. The Kier molecular flexibility index (Phi) is 6.51. The maximum absolute atomic E-state index is 11.9. The second-order valence-electron chi connectivity index (χ2n) is 8.09. The average molecular weight is 400 g/mol. The van der Waals surface area contributed by atoms with Crippen molar-refractivity contribution >= 4 is 23.0 Å². The van der Waals surface area contributed by atoms with Crippen LogP contribution in [0.4, 0.5) is 11.4 Å². The number of rotatable bonds is 6. The summed E-state index contributed by atoms with van der Waals surface area (Å²) in [5, 5.41) is 0. The number of fused-ring (bicyclic) bond motifs is 1. The number of benzene rings is 2. The van der Waals surface area contributed by atoms with Crippen LogP contribution in [0.25, 0.3) is 0 Å². The number of hydrogen-bond acceptors (Lipinski definition) is 1. The van der Waals surface area contributed by atoms with E-state index in [2.05, 4.69) is 62.6 Å². The summed E-state index contributed by atoms with van der Waals surface area (Å²) in [7, 11) is 0. The molecule has 0 fully saturated rings. The summed E-state index contributed by atoms with van der Waals surface area (Å²) in [6.45, 7) is 11.4. The zero-order valence-corrected chi connectivity index (χ0v) is 18.6. The monoisotopic (exact) mass is 399 g/mol. The quantitative estimate of drug-likeness (QED) is 0.427. The van der Waals surface area contributed by atoms with E-state index in [1.165, 1.54) is 22.5 Å². The first-order chi connectivity index (χ1) is 14.4. The van der Waals surface area contributed by atoms with Crippen molar-refractivity contribution in [3.05, 3.63) is 96.2 Å². The third-order valence-corrected chi connectivity index (χ3v) is 5.56. The van der Waals surface area contributed by atoms with E-state index >= 15 is 0 Å². The highest BCUT2D eigenvalue weighted by Crippen LogP contribution is 2.40. The van der Waals surface area contributed by atoms with Gasteiger partial charge < -0.3 is 0 Å². The summed E-state index contributed by atoms with van der Waals surface area (Å²) in [5.41, 5.74) is 6.11. The first-order valence-corrected chi connectivity index (χ1v) is 10.5. The van der Waals surface area contributed by atoms with Gasteiger partial charge in [-0.2, -0.15) is 4.58 Å². The Labute approximate surface area is 180 Å². The molecule has 3 nitrogen and oxygen atoms in total. The molecule has 0 aliphatic carbocycles. The van der Waals surface area contributed by atoms with Gasteiger partial charge in [-0.3, -0.25) is 9.69 Å². The number of carbonyl (C=O) groups excluding carboxylic acids is 1. The molecule has 1 amide bonds. The Morgan fingerprint density at radius 3 is 2.40 bits per heavy atom. The standard InChI is InChI=1S/C27H31N2O/c1-6-28-25-18-17-21(2)20-24(25)27(4,5)26(28)16-12-7-8-13-19-29(22(3)30)23-14-10-9-11-15-23/h7-20H,6H2,1-5H3/q+1. The van der Waals surface area contributed by atoms with E-state index in [1.54, 1.807) is 18.0 Å². The molecule has 3 rings (SSSR count). The van der Waals surface area contributed by atoms with Gasteiger partial charge in [0.15, 0.2) is 5.71 Å². The Hall–Kier alpha value is -3.20. The molecule has 0 saturated carbocycles. The van der Waals surface area contributed by atoms with Crippen LogP contribution in [0.15, 0.2) is 85.1 Å². The SMILES string of the molecule is CC[N+]1=C(/C=C/C=C/C=C/N(C(C)=O)c2ccccc2)C(C)(C)c2cc(C)ccc21. The van der Waals surface area contributed by atoms with Crippen LogP contribution in [-0.2, 0) is 10.2 Å². The van der Waals surface area contributed by atoms with Crippen molar-refractivity contribution in [2.45, 2.75) is 40.0 Å². The molecule has 2 aromatic carbocycles. The van der Waals surface area contributed by atoms with E-state index in [1.807, 2.05) is 48.6 Å². The van der Waals surface area contributed by atoms with E-state index in [4.69, 9.17) is 0 Å². The summed E-state index contributed by atoms with van der Waals surface area (Å²) in [4.78, 5) is 13.6. The van der Waals surface area contributed by atoms with Gasteiger partial charge in [-0.15, -0.1) is 0 Å². The Morgan fingerprint density at radius 2 is 1.73 bits per heavy atom. The fourth-order valence-corrected chi connectivity index (χ4v) is 4.00. The van der Waals surface area contributed by atoms with E-state index in [9.17, 15) is 4.79 Å². The molecule has 0 spiro atoms. The highest BCUT2D eigenvalue weighted by atomic mass is 16.2. The van der Waals surface area contributed by atoms with Crippen molar-refractivity contribution in [3.63, 3.8) is 0 Å². The van der Waals surface area contributed by atoms with Crippen LogP contribution in [0.1, 0.15) is 38.8 Å². The van der Waals surface area contributed by atoms with Crippen molar-refractivity contribution < 1.29 is 9.37 Å². The van der Waals surface area contributed by atoms with E-state index in [0.29, 0.717) is 0 Å². The van der Waals surface area contributed by atoms with Gasteiger partial charge in [0.05, 0.1) is 5.41 Å². The number of amides is 1. The van der Waals surface area contributed by atoms with Gasteiger partial charge in [-0.25, -0.2) is 0 Å². The predicted molar refractivity (Wildman–Crippen MR) is 127 cm³/mol. The molecule has 0 bridgehead atoms. The van der Waals surface area contributed by atoms with E-state index in [-0.39, 0.29) is 11.3 Å². The lowest BCUT2D eigenvalue weighted by atomic mass is 9.81. The summed E-state index contributed by atoms with van der Waals surface area (Å²) < 4.78 is 2.39. The topological polar surface area (TPSA) is 23.3 Å². The van der Waals surface area contributed by atoms with Crippen LogP contribution >= 0.6 is 0 Å². The third kappa shape index (κ3) is 4.35. The number of allylic oxidation sites excluding steroid dienone is 5. The van der Waals surface area contributed by atoms with Crippen LogP contribution in [0.2, 0.25) is 0 Å². The van der Waals surface area contributed by atoms with Crippen LogP contribution < -0.4 is 4.90 Å². The fraction of sp³-hybridized carbons (Fsp3) is 0.259. The van der Waals surface area contributed by atoms with Gasteiger partial charge in [-0.05, 0) is 52.0 Å². The molecule has 0 atom stereocenters. The summed E-state index contributed by atoms with van der Waals surface area (Å²) in [5.74, 6) is -0.0173. The van der Waals surface area contributed by atoms with Gasteiger partial charge >= 0.3 is 0 Å². The highest BCUT2D eigenvalue weighted by Gasteiger charge is 2.43. The molecule has 0 aromatic heterocycles. The molecule has 0 saturated heterocycles. The highest BCUT2D eigenvalue weighted by molar-refractivity contribution is 6.03. The van der Waals surface area contributed by atoms with Gasteiger partial charge in [0, 0.05) is 36.5 Å². The molecule has 1 aliphatic rings. The van der Waals surface area contributed by atoms with Crippen molar-refractivity contribution in [3.8, 4) is 0 Å². The van der Waals surface area contributed by atoms with Gasteiger partial charge in [0.1, 0.15) is 6.54 Å². The molecular formula is C27H31N2O+. The Bertz CT molecular complexity index is 1040. The second-order valence-corrected chi connectivity index (χ2v) is 8.09. The van der Waals surface area contributed by atoms with Crippen LogP contribution in [0, 0.1) is 6.92 Å². The number of carbonyl (C=O) groups is 1. The summed E-state index contributed by atoms with van der Waals surface area (Å²) >= 11 is 0. The van der Waals surface area contributed by atoms with E-state index < -0.39 is 0 Å². The molecule has 1 heterocycles. The number of para-hydroxylation sites is 1. The molecule has 0 radical (unpaired) electrons. The molecule has 2 aromatic rings.